The maximum atomic E-state index is 12.8. The second kappa shape index (κ2) is 7.26. The molecule has 0 radical (unpaired) electrons. The van der Waals surface area contributed by atoms with Crippen molar-refractivity contribution in [2.24, 2.45) is 0 Å². The molecule has 124 valence electrons. The molecule has 0 saturated heterocycles. The van der Waals surface area contributed by atoms with Gasteiger partial charge in [0.1, 0.15) is 6.04 Å². The lowest BCUT2D eigenvalue weighted by molar-refractivity contribution is -0.148. The summed E-state index contributed by atoms with van der Waals surface area (Å²) in [5, 5.41) is 20.4. The van der Waals surface area contributed by atoms with Gasteiger partial charge in [-0.05, 0) is 18.4 Å². The molecule has 1 aromatic rings. The molecule has 1 atom stereocenters. The Balaban J connectivity index is 2.27. The third-order valence-electron chi connectivity index (χ3n) is 4.45. The molecule has 6 nitrogen and oxygen atoms in total. The topological polar surface area (TPSA) is 104 Å². The van der Waals surface area contributed by atoms with Gasteiger partial charge in [-0.2, -0.15) is 0 Å². The largest absolute Gasteiger partial charge is 0.481 e. The van der Waals surface area contributed by atoms with Gasteiger partial charge in [0.25, 0.3) is 0 Å². The van der Waals surface area contributed by atoms with Crippen LogP contribution in [0.5, 0.6) is 0 Å². The Morgan fingerprint density at radius 3 is 2.17 bits per heavy atom. The fourth-order valence-electron chi connectivity index (χ4n) is 3.23. The first-order valence-corrected chi connectivity index (χ1v) is 7.77. The number of carboxylic acid groups (broad SMARTS) is 2. The number of nitrogens with one attached hydrogen (secondary N) is 1. The van der Waals surface area contributed by atoms with E-state index in [0.717, 1.165) is 24.8 Å². The van der Waals surface area contributed by atoms with E-state index in [4.69, 9.17) is 10.2 Å². The molecule has 0 heterocycles. The molecule has 1 amide bonds. The lowest BCUT2D eigenvalue weighted by Gasteiger charge is -2.37. The summed E-state index contributed by atoms with van der Waals surface area (Å²) < 4.78 is 0. The highest BCUT2D eigenvalue weighted by Crippen LogP contribution is 2.39. The molecule has 1 fully saturated rings. The van der Waals surface area contributed by atoms with Crippen LogP contribution in [-0.4, -0.2) is 34.1 Å². The van der Waals surface area contributed by atoms with Crippen LogP contribution < -0.4 is 5.32 Å². The second-order valence-electron chi connectivity index (χ2n) is 5.97. The first-order valence-electron chi connectivity index (χ1n) is 7.77. The highest BCUT2D eigenvalue weighted by Gasteiger charge is 2.42. The van der Waals surface area contributed by atoms with E-state index < -0.39 is 35.7 Å². The lowest BCUT2D eigenvalue weighted by Crippen LogP contribution is -2.52. The predicted octanol–water partition coefficient (Wildman–Crippen LogP) is 1.93. The van der Waals surface area contributed by atoms with Crippen LogP contribution in [-0.2, 0) is 19.8 Å². The van der Waals surface area contributed by atoms with Crippen molar-refractivity contribution >= 4 is 17.8 Å². The number of rotatable bonds is 6. The number of aliphatic carboxylic acids is 2. The number of hydrogen-bond donors (Lipinski definition) is 3. The molecule has 6 heteroatoms. The predicted molar refractivity (Wildman–Crippen MR) is 83.0 cm³/mol. The fourth-order valence-corrected chi connectivity index (χ4v) is 3.23. The zero-order valence-electron chi connectivity index (χ0n) is 12.8. The Morgan fingerprint density at radius 1 is 1.04 bits per heavy atom. The van der Waals surface area contributed by atoms with E-state index in [1.165, 1.54) is 0 Å². The van der Waals surface area contributed by atoms with Gasteiger partial charge in [0.15, 0.2) is 0 Å². The van der Waals surface area contributed by atoms with Gasteiger partial charge >= 0.3 is 11.9 Å². The van der Waals surface area contributed by atoms with Crippen LogP contribution in [0.3, 0.4) is 0 Å². The van der Waals surface area contributed by atoms with Crippen LogP contribution in [0.4, 0.5) is 0 Å². The van der Waals surface area contributed by atoms with Crippen molar-refractivity contribution in [2.75, 3.05) is 0 Å². The molecule has 1 unspecified atom stereocenters. The summed E-state index contributed by atoms with van der Waals surface area (Å²) in [5.74, 6) is -2.98. The van der Waals surface area contributed by atoms with Crippen molar-refractivity contribution in [3.8, 4) is 0 Å². The monoisotopic (exact) mass is 319 g/mol. The van der Waals surface area contributed by atoms with Crippen LogP contribution in [0.15, 0.2) is 30.3 Å². The van der Waals surface area contributed by atoms with Crippen molar-refractivity contribution < 1.29 is 24.6 Å². The summed E-state index contributed by atoms with van der Waals surface area (Å²) in [4.78, 5) is 34.9. The van der Waals surface area contributed by atoms with Gasteiger partial charge in [0.2, 0.25) is 5.91 Å². The Labute approximate surface area is 134 Å². The van der Waals surface area contributed by atoms with Crippen LogP contribution in [0, 0.1) is 0 Å². The van der Waals surface area contributed by atoms with Crippen molar-refractivity contribution in [2.45, 2.75) is 50.0 Å². The first-order chi connectivity index (χ1) is 11.0. The molecule has 0 spiro atoms. The normalized spacial score (nSPS) is 17.9. The summed E-state index contributed by atoms with van der Waals surface area (Å²) in [7, 11) is 0. The minimum Gasteiger partial charge on any atom is -0.481 e. The maximum absolute atomic E-state index is 12.8. The Morgan fingerprint density at radius 2 is 1.65 bits per heavy atom. The van der Waals surface area contributed by atoms with Gasteiger partial charge in [0, 0.05) is 0 Å². The molecule has 0 aliphatic heterocycles. The minimum absolute atomic E-state index is 0.392. The summed E-state index contributed by atoms with van der Waals surface area (Å²) in [6, 6.07) is 7.90. The molecular weight excluding hydrogens is 298 g/mol. The van der Waals surface area contributed by atoms with Gasteiger partial charge in [-0.3, -0.25) is 9.59 Å². The highest BCUT2D eigenvalue weighted by atomic mass is 16.4. The van der Waals surface area contributed by atoms with Gasteiger partial charge in [0.05, 0.1) is 11.8 Å². The van der Waals surface area contributed by atoms with Crippen LogP contribution in [0.1, 0.15) is 44.1 Å². The van der Waals surface area contributed by atoms with Crippen LogP contribution in [0.25, 0.3) is 0 Å². The number of carboxylic acids is 2. The van der Waals surface area contributed by atoms with Gasteiger partial charge < -0.3 is 15.5 Å². The highest BCUT2D eigenvalue weighted by molar-refractivity contribution is 5.92. The van der Waals surface area contributed by atoms with Crippen LogP contribution >= 0.6 is 0 Å². The first kappa shape index (κ1) is 17.0. The molecule has 23 heavy (non-hydrogen) atoms. The number of carbonyl (C=O) groups is 3. The van der Waals surface area contributed by atoms with E-state index >= 15 is 0 Å². The van der Waals surface area contributed by atoms with Crippen molar-refractivity contribution in [1.29, 1.82) is 0 Å². The Hall–Kier alpha value is -2.37. The SMILES string of the molecule is O=C(O)CC(NC(=O)C1(c2ccccc2)CCCCC1)C(=O)O. The van der Waals surface area contributed by atoms with E-state index in [1.807, 2.05) is 30.3 Å². The average Bonchev–Trinajstić information content (AvgIpc) is 2.55. The molecule has 1 aliphatic carbocycles. The van der Waals surface area contributed by atoms with Crippen molar-refractivity contribution in [3.05, 3.63) is 35.9 Å². The molecule has 3 N–H and O–H groups in total. The third-order valence-corrected chi connectivity index (χ3v) is 4.45. The molecule has 1 saturated carbocycles. The van der Waals surface area contributed by atoms with E-state index in [-0.39, 0.29) is 0 Å². The van der Waals surface area contributed by atoms with Gasteiger partial charge in [-0.15, -0.1) is 0 Å². The van der Waals surface area contributed by atoms with Crippen molar-refractivity contribution in [1.82, 2.24) is 5.32 Å². The summed E-state index contributed by atoms with van der Waals surface area (Å²) in [6.07, 6.45) is 3.47. The zero-order valence-corrected chi connectivity index (χ0v) is 12.8. The minimum atomic E-state index is -1.41. The average molecular weight is 319 g/mol. The van der Waals surface area contributed by atoms with E-state index in [1.54, 1.807) is 0 Å². The third kappa shape index (κ3) is 3.88. The molecular formula is C17H21NO5. The summed E-state index contributed by atoms with van der Waals surface area (Å²) >= 11 is 0. The van der Waals surface area contributed by atoms with E-state index in [0.29, 0.717) is 12.8 Å². The van der Waals surface area contributed by atoms with Gasteiger partial charge in [-0.1, -0.05) is 49.6 Å². The van der Waals surface area contributed by atoms with E-state index in [9.17, 15) is 14.4 Å². The summed E-state index contributed by atoms with van der Waals surface area (Å²) in [5.41, 5.74) is 0.0859. The molecule has 0 aromatic heterocycles. The Bertz CT molecular complexity index is 578. The lowest BCUT2D eigenvalue weighted by atomic mass is 9.68. The van der Waals surface area contributed by atoms with Crippen LogP contribution in [0.2, 0.25) is 0 Å². The fraction of sp³-hybridized carbons (Fsp3) is 0.471. The molecule has 1 aliphatic rings. The van der Waals surface area contributed by atoms with Gasteiger partial charge in [-0.25, -0.2) is 4.79 Å². The number of hydrogen-bond acceptors (Lipinski definition) is 3. The zero-order chi connectivity index (χ0) is 16.9. The number of amides is 1. The molecule has 2 rings (SSSR count). The maximum Gasteiger partial charge on any atom is 0.326 e. The number of benzene rings is 1. The molecule has 0 bridgehead atoms. The smallest absolute Gasteiger partial charge is 0.326 e. The Kier molecular flexibility index (Phi) is 5.36. The quantitative estimate of drug-likeness (QED) is 0.743. The standard InChI is InChI=1S/C17H21NO5/c19-14(20)11-13(15(21)22)18-16(23)17(9-5-2-6-10-17)12-7-3-1-4-8-12/h1,3-4,7-8,13H,2,5-6,9-11H2,(H,18,23)(H,19,20)(H,21,22). The summed E-state index contributed by atoms with van der Waals surface area (Å²) in [6.45, 7) is 0. The van der Waals surface area contributed by atoms with E-state index in [2.05, 4.69) is 5.32 Å². The second-order valence-corrected chi connectivity index (χ2v) is 5.97. The van der Waals surface area contributed by atoms with Crippen molar-refractivity contribution in [3.63, 3.8) is 0 Å². The number of carbonyl (C=O) groups excluding carboxylic acids is 1. The molecule has 1 aromatic carbocycles.